The van der Waals surface area contributed by atoms with Crippen molar-refractivity contribution >= 4 is 15.9 Å². The Morgan fingerprint density at radius 3 is 3.15 bits per heavy atom. The van der Waals surface area contributed by atoms with Gasteiger partial charge in [0.25, 0.3) is 0 Å². The highest BCUT2D eigenvalue weighted by molar-refractivity contribution is 9.10. The first-order valence-electron chi connectivity index (χ1n) is 4.09. The van der Waals surface area contributed by atoms with Gasteiger partial charge in [-0.2, -0.15) is 0 Å². The number of fused-ring (bicyclic) bond motifs is 1. The van der Waals surface area contributed by atoms with Gasteiger partial charge in [0, 0.05) is 18.7 Å². The van der Waals surface area contributed by atoms with E-state index in [4.69, 9.17) is 4.74 Å². The second-order valence-corrected chi connectivity index (χ2v) is 3.75. The van der Waals surface area contributed by atoms with Gasteiger partial charge in [-0.1, -0.05) is 0 Å². The highest BCUT2D eigenvalue weighted by Gasteiger charge is 2.11. The van der Waals surface area contributed by atoms with Crippen LogP contribution < -0.4 is 10.1 Å². The number of hydrogen-bond donors (Lipinski definition) is 1. The first-order valence-corrected chi connectivity index (χ1v) is 4.88. The average molecular weight is 246 g/mol. The molecule has 13 heavy (non-hydrogen) atoms. The Bertz CT molecular complexity index is 299. The molecule has 1 aliphatic heterocycles. The molecule has 0 saturated heterocycles. The molecule has 0 aromatic heterocycles. The van der Waals surface area contributed by atoms with Crippen molar-refractivity contribution < 1.29 is 9.13 Å². The summed E-state index contributed by atoms with van der Waals surface area (Å²) in [4.78, 5) is 0. The summed E-state index contributed by atoms with van der Waals surface area (Å²) >= 11 is 3.12. The van der Waals surface area contributed by atoms with Gasteiger partial charge in [-0.05, 0) is 28.1 Å². The molecule has 0 saturated carbocycles. The van der Waals surface area contributed by atoms with Gasteiger partial charge in [0.05, 0.1) is 4.47 Å². The van der Waals surface area contributed by atoms with E-state index in [1.807, 2.05) is 0 Å². The predicted octanol–water partition coefficient (Wildman–Crippen LogP) is 2.07. The predicted molar refractivity (Wildman–Crippen MR) is 51.3 cm³/mol. The molecule has 0 bridgehead atoms. The molecule has 0 spiro atoms. The minimum atomic E-state index is -0.244. The second kappa shape index (κ2) is 3.64. The molecule has 2 rings (SSSR count). The van der Waals surface area contributed by atoms with E-state index >= 15 is 0 Å². The fourth-order valence-electron chi connectivity index (χ4n) is 1.30. The third-order valence-corrected chi connectivity index (χ3v) is 2.56. The third-order valence-electron chi connectivity index (χ3n) is 1.96. The highest BCUT2D eigenvalue weighted by atomic mass is 79.9. The number of benzene rings is 1. The molecule has 0 atom stereocenters. The molecule has 1 aromatic rings. The van der Waals surface area contributed by atoms with E-state index in [2.05, 4.69) is 21.2 Å². The summed E-state index contributed by atoms with van der Waals surface area (Å²) in [5.41, 5.74) is 0.873. The summed E-state index contributed by atoms with van der Waals surface area (Å²) in [5, 5.41) is 3.14. The van der Waals surface area contributed by atoms with Gasteiger partial charge in [-0.3, -0.25) is 0 Å². The molecule has 4 heteroatoms. The smallest absolute Gasteiger partial charge is 0.137 e. The maximum atomic E-state index is 13.1. The zero-order valence-electron chi connectivity index (χ0n) is 6.94. The highest BCUT2D eigenvalue weighted by Crippen LogP contribution is 2.27. The van der Waals surface area contributed by atoms with Gasteiger partial charge in [0.2, 0.25) is 0 Å². The van der Waals surface area contributed by atoms with Crippen LogP contribution in [-0.4, -0.2) is 13.2 Å². The van der Waals surface area contributed by atoms with Gasteiger partial charge in [0.1, 0.15) is 18.2 Å². The van der Waals surface area contributed by atoms with E-state index in [9.17, 15) is 4.39 Å². The Morgan fingerprint density at radius 2 is 2.31 bits per heavy atom. The number of nitrogens with one attached hydrogen (secondary N) is 1. The summed E-state index contributed by atoms with van der Waals surface area (Å²) in [6.07, 6.45) is 0. The zero-order chi connectivity index (χ0) is 9.26. The Morgan fingerprint density at radius 1 is 1.46 bits per heavy atom. The van der Waals surface area contributed by atoms with E-state index < -0.39 is 0 Å². The SMILES string of the molecule is Fc1cc2c(cc1Br)OCCNC2. The molecule has 1 heterocycles. The number of rotatable bonds is 0. The van der Waals surface area contributed by atoms with Crippen LogP contribution in [0.3, 0.4) is 0 Å². The summed E-state index contributed by atoms with van der Waals surface area (Å²) < 4.78 is 19.0. The Hall–Kier alpha value is -0.610. The van der Waals surface area contributed by atoms with Crippen LogP contribution in [0.25, 0.3) is 0 Å². The molecule has 70 valence electrons. The van der Waals surface area contributed by atoms with Crippen molar-refractivity contribution in [1.82, 2.24) is 5.32 Å². The van der Waals surface area contributed by atoms with Gasteiger partial charge < -0.3 is 10.1 Å². The lowest BCUT2D eigenvalue weighted by atomic mass is 10.2. The molecular weight excluding hydrogens is 237 g/mol. The molecule has 0 aliphatic carbocycles. The third kappa shape index (κ3) is 1.84. The van der Waals surface area contributed by atoms with Crippen molar-refractivity contribution in [2.24, 2.45) is 0 Å². The molecule has 1 N–H and O–H groups in total. The van der Waals surface area contributed by atoms with Crippen molar-refractivity contribution in [3.8, 4) is 5.75 Å². The summed E-state index contributed by atoms with van der Waals surface area (Å²) in [6.45, 7) is 2.10. The van der Waals surface area contributed by atoms with E-state index in [1.54, 1.807) is 6.07 Å². The molecule has 0 fully saturated rings. The van der Waals surface area contributed by atoms with Crippen LogP contribution in [0.1, 0.15) is 5.56 Å². The lowest BCUT2D eigenvalue weighted by Crippen LogP contribution is -2.16. The van der Waals surface area contributed by atoms with Crippen molar-refractivity contribution in [3.05, 3.63) is 28.0 Å². The first-order chi connectivity index (χ1) is 6.27. The lowest BCUT2D eigenvalue weighted by Gasteiger charge is -2.06. The van der Waals surface area contributed by atoms with Crippen LogP contribution >= 0.6 is 15.9 Å². The summed E-state index contributed by atoms with van der Waals surface area (Å²) in [5.74, 6) is 0.518. The van der Waals surface area contributed by atoms with Crippen LogP contribution in [-0.2, 0) is 6.54 Å². The van der Waals surface area contributed by atoms with Crippen LogP contribution in [0.15, 0.2) is 16.6 Å². The van der Waals surface area contributed by atoms with Crippen LogP contribution in [0.2, 0.25) is 0 Å². The normalized spacial score (nSPS) is 15.8. The summed E-state index contributed by atoms with van der Waals surface area (Å²) in [6, 6.07) is 3.18. The lowest BCUT2D eigenvalue weighted by molar-refractivity contribution is 0.325. The number of ether oxygens (including phenoxy) is 1. The van der Waals surface area contributed by atoms with E-state index in [0.717, 1.165) is 17.9 Å². The van der Waals surface area contributed by atoms with Gasteiger partial charge in [-0.25, -0.2) is 4.39 Å². The van der Waals surface area contributed by atoms with Crippen molar-refractivity contribution in [3.63, 3.8) is 0 Å². The largest absolute Gasteiger partial charge is 0.492 e. The standard InChI is InChI=1S/C9H9BrFNO/c10-7-4-9-6(3-8(7)11)5-12-1-2-13-9/h3-4,12H,1-2,5H2. The van der Waals surface area contributed by atoms with Crippen LogP contribution in [0, 0.1) is 5.82 Å². The molecule has 1 aromatic carbocycles. The Balaban J connectivity index is 2.43. The van der Waals surface area contributed by atoms with E-state index in [1.165, 1.54) is 6.07 Å². The molecule has 1 aliphatic rings. The molecule has 0 unspecified atom stereocenters. The van der Waals surface area contributed by atoms with Gasteiger partial charge in [-0.15, -0.1) is 0 Å². The molecule has 0 amide bonds. The van der Waals surface area contributed by atoms with Gasteiger partial charge in [0.15, 0.2) is 0 Å². The fraction of sp³-hybridized carbons (Fsp3) is 0.333. The van der Waals surface area contributed by atoms with E-state index in [0.29, 0.717) is 17.6 Å². The van der Waals surface area contributed by atoms with Crippen molar-refractivity contribution in [2.45, 2.75) is 6.54 Å². The Kier molecular flexibility index (Phi) is 2.51. The molecular formula is C9H9BrFNO. The van der Waals surface area contributed by atoms with Crippen LogP contribution in [0.5, 0.6) is 5.75 Å². The van der Waals surface area contributed by atoms with E-state index in [-0.39, 0.29) is 5.82 Å². The minimum Gasteiger partial charge on any atom is -0.492 e. The Labute approximate surface area is 84.2 Å². The topological polar surface area (TPSA) is 21.3 Å². The van der Waals surface area contributed by atoms with Crippen molar-refractivity contribution in [1.29, 1.82) is 0 Å². The minimum absolute atomic E-state index is 0.244. The first kappa shape index (κ1) is 8.97. The number of halogens is 2. The maximum absolute atomic E-state index is 13.1. The van der Waals surface area contributed by atoms with Crippen molar-refractivity contribution in [2.75, 3.05) is 13.2 Å². The molecule has 2 nitrogen and oxygen atoms in total. The quantitative estimate of drug-likeness (QED) is 0.756. The second-order valence-electron chi connectivity index (χ2n) is 2.90. The van der Waals surface area contributed by atoms with Gasteiger partial charge >= 0.3 is 0 Å². The van der Waals surface area contributed by atoms with Crippen LogP contribution in [0.4, 0.5) is 4.39 Å². The average Bonchev–Trinajstić information content (AvgIpc) is 2.31. The number of hydrogen-bond acceptors (Lipinski definition) is 2. The zero-order valence-corrected chi connectivity index (χ0v) is 8.53. The monoisotopic (exact) mass is 245 g/mol. The summed E-state index contributed by atoms with van der Waals surface area (Å²) in [7, 11) is 0. The maximum Gasteiger partial charge on any atom is 0.137 e. The molecule has 0 radical (unpaired) electrons. The fourth-order valence-corrected chi connectivity index (χ4v) is 1.62.